The topological polar surface area (TPSA) is 23.5 Å². The SMILES string of the molecule is CC1CCCC1(O)N1CC=Cc2ccccc21. The number of benzene rings is 1. The number of fused-ring (bicyclic) bond motifs is 1. The van der Waals surface area contributed by atoms with E-state index in [1.807, 2.05) is 6.07 Å². The molecule has 1 heterocycles. The van der Waals surface area contributed by atoms with Gasteiger partial charge in [0.15, 0.2) is 0 Å². The summed E-state index contributed by atoms with van der Waals surface area (Å²) in [6.45, 7) is 2.98. The van der Waals surface area contributed by atoms with E-state index in [0.717, 1.165) is 25.8 Å². The zero-order valence-electron chi connectivity index (χ0n) is 10.3. The summed E-state index contributed by atoms with van der Waals surface area (Å²) in [5.74, 6) is 0.349. The summed E-state index contributed by atoms with van der Waals surface area (Å²) in [6.07, 6.45) is 7.43. The van der Waals surface area contributed by atoms with Crippen LogP contribution in [0.1, 0.15) is 31.7 Å². The van der Waals surface area contributed by atoms with E-state index >= 15 is 0 Å². The Kier molecular flexibility index (Phi) is 2.48. The van der Waals surface area contributed by atoms with Crippen molar-refractivity contribution in [1.82, 2.24) is 0 Å². The van der Waals surface area contributed by atoms with Crippen LogP contribution in [-0.4, -0.2) is 17.4 Å². The molecule has 0 saturated heterocycles. The minimum absolute atomic E-state index is 0.349. The van der Waals surface area contributed by atoms with Gasteiger partial charge in [-0.25, -0.2) is 0 Å². The smallest absolute Gasteiger partial charge is 0.140 e. The first-order valence-corrected chi connectivity index (χ1v) is 6.47. The second kappa shape index (κ2) is 3.88. The fraction of sp³-hybridized carbons (Fsp3) is 0.467. The Labute approximate surface area is 103 Å². The largest absolute Gasteiger partial charge is 0.371 e. The normalized spacial score (nSPS) is 31.6. The van der Waals surface area contributed by atoms with Crippen molar-refractivity contribution in [1.29, 1.82) is 0 Å². The number of aliphatic hydroxyl groups is 1. The Bertz CT molecular complexity index is 454. The predicted molar refractivity (Wildman–Crippen MR) is 70.8 cm³/mol. The minimum atomic E-state index is -0.652. The van der Waals surface area contributed by atoms with Crippen molar-refractivity contribution in [2.75, 3.05) is 11.4 Å². The molecule has 1 aliphatic heterocycles. The second-order valence-corrected chi connectivity index (χ2v) is 5.24. The molecule has 0 amide bonds. The van der Waals surface area contributed by atoms with Gasteiger partial charge in [-0.05, 0) is 30.9 Å². The van der Waals surface area contributed by atoms with Crippen molar-refractivity contribution in [2.24, 2.45) is 5.92 Å². The first-order chi connectivity index (χ1) is 8.22. The first-order valence-electron chi connectivity index (χ1n) is 6.47. The van der Waals surface area contributed by atoms with Crippen LogP contribution in [0.4, 0.5) is 5.69 Å². The second-order valence-electron chi connectivity index (χ2n) is 5.24. The molecule has 2 unspecified atom stereocenters. The van der Waals surface area contributed by atoms with Gasteiger partial charge in [-0.1, -0.05) is 37.3 Å². The maximum Gasteiger partial charge on any atom is 0.140 e. The predicted octanol–water partition coefficient (Wildman–Crippen LogP) is 3.03. The summed E-state index contributed by atoms with van der Waals surface area (Å²) in [7, 11) is 0. The van der Waals surface area contributed by atoms with Gasteiger partial charge in [0.25, 0.3) is 0 Å². The van der Waals surface area contributed by atoms with Crippen LogP contribution >= 0.6 is 0 Å². The van der Waals surface area contributed by atoms with E-state index < -0.39 is 5.72 Å². The van der Waals surface area contributed by atoms with Crippen LogP contribution in [-0.2, 0) is 0 Å². The van der Waals surface area contributed by atoms with Gasteiger partial charge >= 0.3 is 0 Å². The number of hydrogen-bond donors (Lipinski definition) is 1. The Balaban J connectivity index is 2.03. The zero-order valence-corrected chi connectivity index (χ0v) is 10.3. The highest BCUT2D eigenvalue weighted by molar-refractivity contribution is 5.72. The minimum Gasteiger partial charge on any atom is -0.371 e. The standard InChI is InChI=1S/C15H19NO/c1-12-6-4-10-15(12,17)16-11-5-8-13-7-2-3-9-14(13)16/h2-3,5,7-9,12,17H,4,6,10-11H2,1H3. The molecule has 1 aliphatic carbocycles. The molecule has 1 fully saturated rings. The van der Waals surface area contributed by atoms with Crippen LogP contribution in [0, 0.1) is 5.92 Å². The van der Waals surface area contributed by atoms with Gasteiger partial charge in [-0.15, -0.1) is 0 Å². The third kappa shape index (κ3) is 1.59. The van der Waals surface area contributed by atoms with Crippen LogP contribution < -0.4 is 4.90 Å². The Morgan fingerprint density at radius 3 is 2.94 bits per heavy atom. The molecular formula is C15H19NO. The van der Waals surface area contributed by atoms with E-state index in [4.69, 9.17) is 0 Å². The highest BCUT2D eigenvalue weighted by Crippen LogP contribution is 2.42. The molecule has 1 aromatic carbocycles. The lowest BCUT2D eigenvalue weighted by atomic mass is 9.96. The van der Waals surface area contributed by atoms with Gasteiger partial charge in [0.2, 0.25) is 0 Å². The van der Waals surface area contributed by atoms with E-state index in [9.17, 15) is 5.11 Å². The van der Waals surface area contributed by atoms with Crippen molar-refractivity contribution in [3.05, 3.63) is 35.9 Å². The van der Waals surface area contributed by atoms with E-state index in [-0.39, 0.29) is 0 Å². The molecule has 1 saturated carbocycles. The lowest BCUT2D eigenvalue weighted by molar-refractivity contribution is 0.00759. The van der Waals surface area contributed by atoms with Gasteiger partial charge in [0.1, 0.15) is 5.72 Å². The molecule has 0 spiro atoms. The summed E-state index contributed by atoms with van der Waals surface area (Å²) in [5.41, 5.74) is 1.73. The van der Waals surface area contributed by atoms with Crippen LogP contribution in [0.5, 0.6) is 0 Å². The van der Waals surface area contributed by atoms with Crippen molar-refractivity contribution in [3.8, 4) is 0 Å². The molecule has 2 nitrogen and oxygen atoms in total. The van der Waals surface area contributed by atoms with Gasteiger partial charge in [-0.3, -0.25) is 0 Å². The molecule has 3 rings (SSSR count). The molecule has 0 bridgehead atoms. The fourth-order valence-electron chi connectivity index (χ4n) is 3.17. The molecule has 1 aromatic rings. The number of nitrogens with zero attached hydrogens (tertiary/aromatic N) is 1. The summed E-state index contributed by atoms with van der Waals surface area (Å²) in [6, 6.07) is 8.32. The molecule has 2 heteroatoms. The third-order valence-electron chi connectivity index (χ3n) is 4.25. The molecular weight excluding hydrogens is 210 g/mol. The maximum absolute atomic E-state index is 10.9. The Hall–Kier alpha value is -1.28. The molecule has 0 radical (unpaired) electrons. The maximum atomic E-state index is 10.9. The van der Waals surface area contributed by atoms with Crippen LogP contribution in [0.15, 0.2) is 30.3 Å². The van der Waals surface area contributed by atoms with E-state index in [1.54, 1.807) is 0 Å². The van der Waals surface area contributed by atoms with Crippen LogP contribution in [0.2, 0.25) is 0 Å². The third-order valence-corrected chi connectivity index (χ3v) is 4.25. The Morgan fingerprint density at radius 1 is 1.35 bits per heavy atom. The quantitative estimate of drug-likeness (QED) is 0.800. The lowest BCUT2D eigenvalue weighted by Crippen LogP contribution is -2.52. The Morgan fingerprint density at radius 2 is 2.18 bits per heavy atom. The van der Waals surface area contributed by atoms with Crippen molar-refractivity contribution in [3.63, 3.8) is 0 Å². The highest BCUT2D eigenvalue weighted by atomic mass is 16.3. The molecule has 1 N–H and O–H groups in total. The van der Waals surface area contributed by atoms with Crippen molar-refractivity contribution < 1.29 is 5.11 Å². The van der Waals surface area contributed by atoms with Crippen LogP contribution in [0.3, 0.4) is 0 Å². The molecule has 2 atom stereocenters. The molecule has 2 aliphatic rings. The highest BCUT2D eigenvalue weighted by Gasteiger charge is 2.44. The molecule has 90 valence electrons. The number of hydrogen-bond acceptors (Lipinski definition) is 2. The summed E-state index contributed by atoms with van der Waals surface area (Å²) < 4.78 is 0. The summed E-state index contributed by atoms with van der Waals surface area (Å²) in [5, 5.41) is 10.9. The average Bonchev–Trinajstić information content (AvgIpc) is 2.70. The zero-order chi connectivity index (χ0) is 11.9. The van der Waals surface area contributed by atoms with Gasteiger partial charge in [0.05, 0.1) is 0 Å². The fourth-order valence-corrected chi connectivity index (χ4v) is 3.17. The average molecular weight is 229 g/mol. The molecule has 0 aromatic heterocycles. The van der Waals surface area contributed by atoms with Crippen LogP contribution in [0.25, 0.3) is 6.08 Å². The summed E-state index contributed by atoms with van der Waals surface area (Å²) >= 11 is 0. The first kappa shape index (κ1) is 10.8. The van der Waals surface area contributed by atoms with E-state index in [1.165, 1.54) is 11.3 Å². The number of anilines is 1. The number of rotatable bonds is 1. The van der Waals surface area contributed by atoms with Gasteiger partial charge in [-0.2, -0.15) is 0 Å². The monoisotopic (exact) mass is 229 g/mol. The van der Waals surface area contributed by atoms with Crippen molar-refractivity contribution in [2.45, 2.75) is 31.9 Å². The van der Waals surface area contributed by atoms with E-state index in [0.29, 0.717) is 5.92 Å². The number of para-hydroxylation sites is 1. The molecule has 17 heavy (non-hydrogen) atoms. The van der Waals surface area contributed by atoms with E-state index in [2.05, 4.69) is 42.2 Å². The lowest BCUT2D eigenvalue weighted by Gasteiger charge is -2.43. The summed E-state index contributed by atoms with van der Waals surface area (Å²) in [4.78, 5) is 2.18. The van der Waals surface area contributed by atoms with Gasteiger partial charge in [0, 0.05) is 18.2 Å². The van der Waals surface area contributed by atoms with Crippen molar-refractivity contribution >= 4 is 11.8 Å². The van der Waals surface area contributed by atoms with Gasteiger partial charge < -0.3 is 10.0 Å².